The van der Waals surface area contributed by atoms with Crippen molar-refractivity contribution in [3.8, 4) is 11.3 Å². The summed E-state index contributed by atoms with van der Waals surface area (Å²) in [5.41, 5.74) is 0.233. The zero-order valence-corrected chi connectivity index (χ0v) is 17.6. The Morgan fingerprint density at radius 1 is 1.10 bits per heavy atom. The molecule has 6 atom stereocenters. The first kappa shape index (κ1) is 18.7. The monoisotopic (exact) mass is 481 g/mol. The number of allylic oxidation sites excluding steroid dienone is 2. The van der Waals surface area contributed by atoms with Crippen molar-refractivity contribution in [1.29, 1.82) is 0 Å². The molecule has 156 valence electrons. The van der Waals surface area contributed by atoms with Crippen LogP contribution in [0.3, 0.4) is 0 Å². The summed E-state index contributed by atoms with van der Waals surface area (Å²) in [6, 6.07) is 7.89. The van der Waals surface area contributed by atoms with Gasteiger partial charge in [0.25, 0.3) is 17.5 Å². The number of nitrogens with zero attached hydrogens (tertiary/aromatic N) is 3. The maximum Gasteiger partial charge on any atom is 0.281 e. The van der Waals surface area contributed by atoms with Crippen LogP contribution >= 0.6 is 15.9 Å². The Labute approximate surface area is 184 Å². The molecule has 1 saturated heterocycles. The van der Waals surface area contributed by atoms with Crippen LogP contribution in [-0.2, 0) is 9.59 Å². The molecule has 31 heavy (non-hydrogen) atoms. The zero-order chi connectivity index (χ0) is 21.4. The van der Waals surface area contributed by atoms with E-state index in [4.69, 9.17) is 4.42 Å². The third kappa shape index (κ3) is 2.69. The van der Waals surface area contributed by atoms with Crippen molar-refractivity contribution in [2.75, 3.05) is 0 Å². The number of nitro groups is 1. The van der Waals surface area contributed by atoms with Gasteiger partial charge in [-0.25, -0.2) is 0 Å². The van der Waals surface area contributed by atoms with Crippen molar-refractivity contribution in [2.45, 2.75) is 6.42 Å². The van der Waals surface area contributed by atoms with Crippen LogP contribution in [0.4, 0.5) is 5.69 Å². The fraction of sp³-hybridized carbons (Fsp3) is 0.318. The van der Waals surface area contributed by atoms with Crippen LogP contribution in [0.2, 0.25) is 0 Å². The van der Waals surface area contributed by atoms with Gasteiger partial charge in [-0.15, -0.1) is 0 Å². The van der Waals surface area contributed by atoms with E-state index in [9.17, 15) is 19.7 Å². The Morgan fingerprint density at radius 2 is 1.77 bits per heavy atom. The molecule has 4 aliphatic carbocycles. The average Bonchev–Trinajstić information content (AvgIpc) is 3.39. The molecule has 2 heterocycles. The van der Waals surface area contributed by atoms with Gasteiger partial charge >= 0.3 is 0 Å². The fourth-order valence-electron chi connectivity index (χ4n) is 5.60. The molecule has 3 fully saturated rings. The van der Waals surface area contributed by atoms with E-state index in [-0.39, 0.29) is 41.2 Å². The molecule has 2 aromatic rings. The minimum atomic E-state index is -0.480. The molecule has 0 spiro atoms. The Hall–Kier alpha value is -3.07. The number of rotatable bonds is 4. The van der Waals surface area contributed by atoms with Crippen molar-refractivity contribution in [1.82, 2.24) is 5.01 Å². The van der Waals surface area contributed by atoms with Gasteiger partial charge in [-0.2, -0.15) is 10.1 Å². The lowest BCUT2D eigenvalue weighted by atomic mass is 9.63. The van der Waals surface area contributed by atoms with Crippen LogP contribution in [0.5, 0.6) is 0 Å². The van der Waals surface area contributed by atoms with E-state index < -0.39 is 4.92 Å². The quantitative estimate of drug-likeness (QED) is 0.215. The SMILES string of the molecule is O=C1[C@H]2[C@@H]3C=C[C@H]([C@H]4C[C@H]34)[C@@H]2C(=O)N1/N=C/c1ccc(-c2ccc(Br)cc2[N+](=O)[O-])o1. The maximum atomic E-state index is 13.0. The maximum absolute atomic E-state index is 13.0. The van der Waals surface area contributed by atoms with E-state index in [0.717, 1.165) is 11.4 Å². The van der Waals surface area contributed by atoms with Crippen LogP contribution in [0.15, 0.2) is 56.5 Å². The molecule has 0 N–H and O–H groups in total. The molecule has 0 radical (unpaired) electrons. The van der Waals surface area contributed by atoms with Crippen LogP contribution in [-0.4, -0.2) is 28.0 Å². The summed E-state index contributed by atoms with van der Waals surface area (Å²) in [6.07, 6.45) is 6.65. The molecule has 2 bridgehead atoms. The van der Waals surface area contributed by atoms with Crippen molar-refractivity contribution >= 4 is 39.6 Å². The van der Waals surface area contributed by atoms with E-state index in [2.05, 4.69) is 33.2 Å². The number of carbonyl (C=O) groups is 2. The second kappa shape index (κ2) is 6.46. The van der Waals surface area contributed by atoms with Gasteiger partial charge in [-0.3, -0.25) is 19.7 Å². The third-order valence-electron chi connectivity index (χ3n) is 6.99. The van der Waals surface area contributed by atoms with Crippen LogP contribution in [0.1, 0.15) is 12.2 Å². The van der Waals surface area contributed by atoms with Crippen LogP contribution in [0.25, 0.3) is 11.3 Å². The Balaban J connectivity index is 1.26. The summed E-state index contributed by atoms with van der Waals surface area (Å²) in [7, 11) is 0. The lowest BCUT2D eigenvalue weighted by molar-refractivity contribution is -0.384. The van der Waals surface area contributed by atoms with E-state index in [1.807, 2.05) is 0 Å². The highest BCUT2D eigenvalue weighted by molar-refractivity contribution is 9.10. The molecule has 1 aromatic carbocycles. The highest BCUT2D eigenvalue weighted by atomic mass is 79.9. The minimum absolute atomic E-state index is 0.0947. The number of furan rings is 1. The lowest BCUT2D eigenvalue weighted by Crippen LogP contribution is -2.40. The van der Waals surface area contributed by atoms with Gasteiger partial charge in [0, 0.05) is 10.5 Å². The predicted octanol–water partition coefficient (Wildman–Crippen LogP) is 4.00. The second-order valence-corrected chi connectivity index (χ2v) is 9.42. The van der Waals surface area contributed by atoms with Gasteiger partial charge in [-0.05, 0) is 54.4 Å². The highest BCUT2D eigenvalue weighted by Gasteiger charge is 2.67. The first-order valence-corrected chi connectivity index (χ1v) is 10.9. The normalized spacial score (nSPS) is 32.6. The summed E-state index contributed by atoms with van der Waals surface area (Å²) in [4.78, 5) is 36.8. The Bertz CT molecular complexity index is 1180. The Morgan fingerprint density at radius 3 is 2.42 bits per heavy atom. The van der Waals surface area contributed by atoms with Crippen molar-refractivity contribution in [2.24, 2.45) is 40.6 Å². The smallest absolute Gasteiger partial charge is 0.281 e. The number of benzene rings is 1. The van der Waals surface area contributed by atoms with Gasteiger partial charge in [0.1, 0.15) is 11.5 Å². The van der Waals surface area contributed by atoms with Crippen LogP contribution < -0.4 is 0 Å². The molecular formula is C22H16BrN3O5. The number of hydrogen-bond acceptors (Lipinski definition) is 6. The van der Waals surface area contributed by atoms with Crippen molar-refractivity contribution < 1.29 is 18.9 Å². The average molecular weight is 482 g/mol. The number of halogens is 1. The molecule has 0 unspecified atom stereocenters. The van der Waals surface area contributed by atoms with Gasteiger partial charge in [-0.1, -0.05) is 28.1 Å². The molecule has 7 rings (SSSR count). The molecule has 9 heteroatoms. The van der Waals surface area contributed by atoms with Gasteiger partial charge in [0.15, 0.2) is 0 Å². The summed E-state index contributed by atoms with van der Waals surface area (Å²) in [5.74, 6) is 0.856. The molecule has 1 aliphatic heterocycles. The number of hydrogen-bond donors (Lipinski definition) is 0. The van der Waals surface area contributed by atoms with Gasteiger partial charge < -0.3 is 4.42 Å². The first-order chi connectivity index (χ1) is 14.9. The van der Waals surface area contributed by atoms with E-state index >= 15 is 0 Å². The number of hydrazone groups is 1. The van der Waals surface area contributed by atoms with E-state index in [1.165, 1.54) is 12.3 Å². The minimum Gasteiger partial charge on any atom is -0.455 e. The standard InChI is InChI=1S/C22H16BrN3O5/c23-10-1-3-14(17(7-10)26(29)30)18-6-2-11(31-18)9-24-25-21(27)19-12-4-5-13(16-8-15(12)16)20(19)22(25)28/h1-7,9,12-13,15-16,19-20H,8H2/b24-9+/t12-,13-,15-,16-,19+,20+/m1/s1. The first-order valence-electron chi connectivity index (χ1n) is 10.1. The number of amides is 2. The van der Waals surface area contributed by atoms with E-state index in [0.29, 0.717) is 33.4 Å². The highest BCUT2D eigenvalue weighted by Crippen LogP contribution is 2.65. The summed E-state index contributed by atoms with van der Waals surface area (Å²) in [6.45, 7) is 0. The summed E-state index contributed by atoms with van der Waals surface area (Å²) >= 11 is 3.23. The number of nitro benzene ring substituents is 1. The van der Waals surface area contributed by atoms with Gasteiger partial charge in [0.05, 0.1) is 28.5 Å². The lowest BCUT2D eigenvalue weighted by Gasteiger charge is -2.37. The Kier molecular flexibility index (Phi) is 3.89. The van der Waals surface area contributed by atoms with Crippen LogP contribution in [0, 0.1) is 45.6 Å². The zero-order valence-electron chi connectivity index (χ0n) is 16.1. The third-order valence-corrected chi connectivity index (χ3v) is 7.48. The topological polar surface area (TPSA) is 106 Å². The molecule has 8 nitrogen and oxygen atoms in total. The van der Waals surface area contributed by atoms with E-state index in [1.54, 1.807) is 24.3 Å². The number of imide groups is 1. The fourth-order valence-corrected chi connectivity index (χ4v) is 5.95. The summed E-state index contributed by atoms with van der Waals surface area (Å²) < 4.78 is 6.29. The van der Waals surface area contributed by atoms with Gasteiger partial charge in [0.2, 0.25) is 0 Å². The predicted molar refractivity (Wildman–Crippen MR) is 113 cm³/mol. The molecule has 2 amide bonds. The van der Waals surface area contributed by atoms with Crippen molar-refractivity contribution in [3.63, 3.8) is 0 Å². The second-order valence-electron chi connectivity index (χ2n) is 8.51. The molecular weight excluding hydrogens is 466 g/mol. The largest absolute Gasteiger partial charge is 0.455 e. The van der Waals surface area contributed by atoms with Crippen molar-refractivity contribution in [3.05, 3.63) is 62.8 Å². The molecule has 5 aliphatic rings. The number of carbonyl (C=O) groups excluding carboxylic acids is 2. The summed E-state index contributed by atoms with van der Waals surface area (Å²) in [5, 5.41) is 16.5. The molecule has 2 saturated carbocycles. The molecule has 1 aromatic heterocycles.